The Morgan fingerprint density at radius 3 is 2.00 bits per heavy atom. The Morgan fingerprint density at radius 2 is 1.64 bits per heavy atom. The van der Waals surface area contributed by atoms with Crippen molar-refractivity contribution in [2.24, 2.45) is 5.92 Å². The molecular formula is C18H37N3O. The number of imidazole rings is 1. The van der Waals surface area contributed by atoms with Crippen LogP contribution in [0.4, 0.5) is 0 Å². The molecule has 0 saturated carbocycles. The van der Waals surface area contributed by atoms with Crippen molar-refractivity contribution in [3.8, 4) is 0 Å². The highest BCUT2D eigenvalue weighted by atomic mass is 16.2. The zero-order chi connectivity index (χ0) is 17.9. The second-order valence-corrected chi connectivity index (χ2v) is 4.86. The lowest BCUT2D eigenvalue weighted by molar-refractivity contribution is -0.130. The van der Waals surface area contributed by atoms with E-state index in [0.717, 1.165) is 30.2 Å². The average molecular weight is 312 g/mol. The number of hydrogen-bond acceptors (Lipinski definition) is 2. The predicted molar refractivity (Wildman–Crippen MR) is 96.0 cm³/mol. The fourth-order valence-electron chi connectivity index (χ4n) is 2.39. The fourth-order valence-corrected chi connectivity index (χ4v) is 2.39. The minimum atomic E-state index is 0.139. The first-order valence-electron chi connectivity index (χ1n) is 8.79. The molecule has 2 unspecified atom stereocenters. The highest BCUT2D eigenvalue weighted by molar-refractivity contribution is 5.74. The molecule has 0 bridgehead atoms. The van der Waals surface area contributed by atoms with Crippen LogP contribution in [0.3, 0.4) is 0 Å². The molecule has 1 aromatic heterocycles. The first-order valence-corrected chi connectivity index (χ1v) is 8.79. The summed E-state index contributed by atoms with van der Waals surface area (Å²) in [7, 11) is 0. The second kappa shape index (κ2) is 12.2. The van der Waals surface area contributed by atoms with Gasteiger partial charge in [0.1, 0.15) is 5.82 Å². The topological polar surface area (TPSA) is 49.0 Å². The third kappa shape index (κ3) is 6.20. The van der Waals surface area contributed by atoms with Crippen molar-refractivity contribution in [3.63, 3.8) is 0 Å². The van der Waals surface area contributed by atoms with Gasteiger partial charge in [-0.25, -0.2) is 4.98 Å². The van der Waals surface area contributed by atoms with Gasteiger partial charge in [0.25, 0.3) is 0 Å². The molecule has 1 aliphatic heterocycles. The van der Waals surface area contributed by atoms with Crippen LogP contribution in [0.25, 0.3) is 0 Å². The number of amides is 1. The van der Waals surface area contributed by atoms with Crippen LogP contribution in [0.5, 0.6) is 0 Å². The Labute approximate surface area is 137 Å². The number of nitrogens with one attached hydrogen (secondary N) is 1. The van der Waals surface area contributed by atoms with Crippen molar-refractivity contribution >= 4 is 5.91 Å². The van der Waals surface area contributed by atoms with Crippen LogP contribution in [0.2, 0.25) is 0 Å². The van der Waals surface area contributed by atoms with Crippen molar-refractivity contribution in [1.82, 2.24) is 14.9 Å². The van der Waals surface area contributed by atoms with Crippen LogP contribution < -0.4 is 0 Å². The van der Waals surface area contributed by atoms with Gasteiger partial charge in [0.15, 0.2) is 0 Å². The molecule has 4 heteroatoms. The van der Waals surface area contributed by atoms with E-state index >= 15 is 0 Å². The van der Waals surface area contributed by atoms with Gasteiger partial charge in [0.05, 0.1) is 11.7 Å². The van der Waals surface area contributed by atoms with Gasteiger partial charge in [-0.3, -0.25) is 4.79 Å². The summed E-state index contributed by atoms with van der Waals surface area (Å²) < 4.78 is 0. The number of H-pyrrole nitrogens is 1. The van der Waals surface area contributed by atoms with Crippen molar-refractivity contribution < 1.29 is 4.79 Å². The number of likely N-dealkylation sites (tertiary alicyclic amines) is 1. The summed E-state index contributed by atoms with van der Waals surface area (Å²) in [4.78, 5) is 21.3. The Hall–Kier alpha value is -1.32. The predicted octanol–water partition coefficient (Wildman–Crippen LogP) is 5.03. The summed E-state index contributed by atoms with van der Waals surface area (Å²) in [5.41, 5.74) is 2.12. The Bertz CT molecular complexity index is 393. The summed E-state index contributed by atoms with van der Waals surface area (Å²) in [6.45, 7) is 20.7. The molecule has 1 fully saturated rings. The molecule has 1 amide bonds. The molecule has 1 aromatic rings. The quantitative estimate of drug-likeness (QED) is 0.790. The van der Waals surface area contributed by atoms with E-state index in [0.29, 0.717) is 5.92 Å². The van der Waals surface area contributed by atoms with E-state index in [1.165, 1.54) is 0 Å². The van der Waals surface area contributed by atoms with Crippen molar-refractivity contribution in [3.05, 3.63) is 17.2 Å². The number of hydrogen-bond donors (Lipinski definition) is 1. The number of carbonyl (C=O) groups is 1. The normalized spacial score (nSPS) is 19.1. The molecule has 2 heterocycles. The minimum absolute atomic E-state index is 0.139. The Balaban J connectivity index is 0. The van der Waals surface area contributed by atoms with Crippen molar-refractivity contribution in [1.29, 1.82) is 0 Å². The molecule has 0 aromatic carbocycles. The number of rotatable bonds is 1. The van der Waals surface area contributed by atoms with Gasteiger partial charge in [0, 0.05) is 19.2 Å². The summed E-state index contributed by atoms with van der Waals surface area (Å²) >= 11 is 0. The zero-order valence-corrected chi connectivity index (χ0v) is 16.4. The molecule has 130 valence electrons. The molecule has 1 aliphatic rings. The molecule has 4 nitrogen and oxygen atoms in total. The van der Waals surface area contributed by atoms with Crippen LogP contribution >= 0.6 is 0 Å². The lowest BCUT2D eigenvalue weighted by Crippen LogP contribution is -2.29. The third-order valence-corrected chi connectivity index (χ3v) is 3.38. The second-order valence-electron chi connectivity index (χ2n) is 4.86. The van der Waals surface area contributed by atoms with E-state index in [2.05, 4.69) is 16.9 Å². The highest BCUT2D eigenvalue weighted by Crippen LogP contribution is 2.34. The Kier molecular flexibility index (Phi) is 12.8. The van der Waals surface area contributed by atoms with Gasteiger partial charge >= 0.3 is 0 Å². The number of aromatic amines is 1. The van der Waals surface area contributed by atoms with E-state index in [4.69, 9.17) is 0 Å². The maximum absolute atomic E-state index is 11.6. The number of nitrogens with zero attached hydrogens (tertiary/aromatic N) is 2. The van der Waals surface area contributed by atoms with Gasteiger partial charge in [-0.1, -0.05) is 48.5 Å². The van der Waals surface area contributed by atoms with Gasteiger partial charge in [0.2, 0.25) is 5.91 Å². The van der Waals surface area contributed by atoms with Crippen LogP contribution in [0, 0.1) is 19.8 Å². The Morgan fingerprint density at radius 1 is 1.14 bits per heavy atom. The SMILES string of the molecule is CC.CC.CC.CC(=O)N1CC(C)CC1c1nc(C)c(C)[nH]1. The maximum Gasteiger partial charge on any atom is 0.220 e. The number of aryl methyl sites for hydroxylation is 2. The first kappa shape index (κ1) is 23.0. The van der Waals surface area contributed by atoms with Crippen LogP contribution in [0.15, 0.2) is 0 Å². The fraction of sp³-hybridized carbons (Fsp3) is 0.778. The zero-order valence-electron chi connectivity index (χ0n) is 16.4. The largest absolute Gasteiger partial charge is 0.344 e. The van der Waals surface area contributed by atoms with Gasteiger partial charge in [-0.15, -0.1) is 0 Å². The molecule has 0 aliphatic carbocycles. The molecule has 0 spiro atoms. The molecule has 1 N–H and O–H groups in total. The van der Waals surface area contributed by atoms with Crippen LogP contribution in [-0.2, 0) is 4.79 Å². The minimum Gasteiger partial charge on any atom is -0.344 e. The lowest BCUT2D eigenvalue weighted by Gasteiger charge is -2.21. The van der Waals surface area contributed by atoms with Crippen molar-refractivity contribution in [2.45, 2.75) is 81.7 Å². The smallest absolute Gasteiger partial charge is 0.220 e. The average Bonchev–Trinajstić information content (AvgIpc) is 3.09. The van der Waals surface area contributed by atoms with E-state index in [1.54, 1.807) is 6.92 Å². The van der Waals surface area contributed by atoms with Crippen LogP contribution in [0.1, 0.15) is 85.1 Å². The van der Waals surface area contributed by atoms with Crippen molar-refractivity contribution in [2.75, 3.05) is 6.54 Å². The molecule has 0 radical (unpaired) electrons. The van der Waals surface area contributed by atoms with Gasteiger partial charge in [-0.05, 0) is 26.2 Å². The summed E-state index contributed by atoms with van der Waals surface area (Å²) in [5, 5.41) is 0. The maximum atomic E-state index is 11.6. The summed E-state index contributed by atoms with van der Waals surface area (Å²) in [6, 6.07) is 0.139. The number of carbonyl (C=O) groups excluding carboxylic acids is 1. The molecule has 22 heavy (non-hydrogen) atoms. The first-order chi connectivity index (χ1) is 10.5. The third-order valence-electron chi connectivity index (χ3n) is 3.38. The van der Waals surface area contributed by atoms with Gasteiger partial charge in [-0.2, -0.15) is 0 Å². The van der Waals surface area contributed by atoms with E-state index < -0.39 is 0 Å². The van der Waals surface area contributed by atoms with E-state index in [9.17, 15) is 4.79 Å². The monoisotopic (exact) mass is 311 g/mol. The molecule has 2 rings (SSSR count). The van der Waals surface area contributed by atoms with E-state index in [-0.39, 0.29) is 11.9 Å². The highest BCUT2D eigenvalue weighted by Gasteiger charge is 2.34. The molecular weight excluding hydrogens is 274 g/mol. The standard InChI is InChI=1S/C12H19N3O.3C2H6/c1-7-5-11(15(6-7)10(4)16)12-13-8(2)9(3)14-12;3*1-2/h7,11H,5-6H2,1-4H3,(H,13,14);3*1-2H3. The molecule has 1 saturated heterocycles. The molecule has 2 atom stereocenters. The van der Waals surface area contributed by atoms with E-state index in [1.807, 2.05) is 60.3 Å². The summed E-state index contributed by atoms with van der Waals surface area (Å²) in [5.74, 6) is 1.63. The van der Waals surface area contributed by atoms with Gasteiger partial charge < -0.3 is 9.88 Å². The summed E-state index contributed by atoms with van der Waals surface area (Å²) in [6.07, 6.45) is 1.01. The lowest BCUT2D eigenvalue weighted by atomic mass is 10.1. The number of aromatic nitrogens is 2. The van der Waals surface area contributed by atoms with Crippen LogP contribution in [-0.4, -0.2) is 27.3 Å².